The van der Waals surface area contributed by atoms with E-state index in [-0.39, 0.29) is 18.4 Å². The van der Waals surface area contributed by atoms with Gasteiger partial charge in [-0.3, -0.25) is 9.59 Å². The molecule has 0 fully saturated rings. The van der Waals surface area contributed by atoms with E-state index >= 15 is 0 Å². The number of halogens is 1. The molecule has 0 saturated heterocycles. The molecule has 0 saturated carbocycles. The number of carbonyl (C=O) groups excluding carboxylic acids is 2. The highest BCUT2D eigenvalue weighted by atomic mass is 35.5. The van der Waals surface area contributed by atoms with Crippen molar-refractivity contribution in [2.24, 2.45) is 0 Å². The van der Waals surface area contributed by atoms with Gasteiger partial charge in [-0.1, -0.05) is 78.3 Å². The second-order valence-corrected chi connectivity index (χ2v) is 7.14. The predicted octanol–water partition coefficient (Wildman–Crippen LogP) is 4.10. The Morgan fingerprint density at radius 2 is 1.43 bits per heavy atom. The number of hydrogen-bond donors (Lipinski definition) is 2. The Kier molecular flexibility index (Phi) is 8.01. The monoisotopic (exact) mass is 422 g/mol. The molecular formula is C24H23ClN2O3. The van der Waals surface area contributed by atoms with E-state index in [1.807, 2.05) is 54.6 Å². The molecule has 5 nitrogen and oxygen atoms in total. The van der Waals surface area contributed by atoms with Gasteiger partial charge in [-0.15, -0.1) is 0 Å². The Bertz CT molecular complexity index is 993. The van der Waals surface area contributed by atoms with Crippen molar-refractivity contribution in [1.29, 1.82) is 0 Å². The standard InChI is InChI=1S/C24H23ClN2O3/c25-22-12-5-4-11-21(22)24(29)27-15-23(28)26-14-19-9-6-10-20(13-19)17-30-16-18-7-2-1-3-8-18/h1-13H,14-17H2,(H,26,28)(H,27,29). The van der Waals surface area contributed by atoms with Crippen LogP contribution in [0, 0.1) is 0 Å². The molecule has 0 aliphatic carbocycles. The van der Waals surface area contributed by atoms with Gasteiger partial charge in [-0.05, 0) is 28.8 Å². The summed E-state index contributed by atoms with van der Waals surface area (Å²) in [6.45, 7) is 1.29. The van der Waals surface area contributed by atoms with Gasteiger partial charge in [-0.2, -0.15) is 0 Å². The number of nitrogens with one attached hydrogen (secondary N) is 2. The van der Waals surface area contributed by atoms with Crippen LogP contribution in [0.15, 0.2) is 78.9 Å². The number of carbonyl (C=O) groups is 2. The summed E-state index contributed by atoms with van der Waals surface area (Å²) in [5, 5.41) is 5.73. The summed E-state index contributed by atoms with van der Waals surface area (Å²) >= 11 is 5.99. The number of amides is 2. The van der Waals surface area contributed by atoms with Crippen LogP contribution in [0.5, 0.6) is 0 Å². The molecular weight excluding hydrogens is 400 g/mol. The Balaban J connectivity index is 1.41. The molecule has 3 aromatic carbocycles. The average molecular weight is 423 g/mol. The molecule has 6 heteroatoms. The van der Waals surface area contributed by atoms with E-state index in [9.17, 15) is 9.59 Å². The number of hydrogen-bond acceptors (Lipinski definition) is 3. The summed E-state index contributed by atoms with van der Waals surface area (Å²) in [5.74, 6) is -0.658. The fraction of sp³-hybridized carbons (Fsp3) is 0.167. The average Bonchev–Trinajstić information content (AvgIpc) is 2.77. The van der Waals surface area contributed by atoms with E-state index < -0.39 is 0 Å². The third-order valence-electron chi connectivity index (χ3n) is 4.39. The minimum atomic E-state index is -0.381. The summed E-state index contributed by atoms with van der Waals surface area (Å²) in [6.07, 6.45) is 0. The maximum absolute atomic E-state index is 12.1. The van der Waals surface area contributed by atoms with Gasteiger partial charge in [-0.25, -0.2) is 0 Å². The Labute approximate surface area is 181 Å². The van der Waals surface area contributed by atoms with Crippen LogP contribution in [0.3, 0.4) is 0 Å². The number of rotatable bonds is 9. The van der Waals surface area contributed by atoms with E-state index in [0.29, 0.717) is 30.3 Å². The lowest BCUT2D eigenvalue weighted by Crippen LogP contribution is -2.36. The van der Waals surface area contributed by atoms with Crippen LogP contribution >= 0.6 is 11.6 Å². The zero-order valence-corrected chi connectivity index (χ0v) is 17.2. The van der Waals surface area contributed by atoms with Crippen LogP contribution in [0.2, 0.25) is 5.02 Å². The maximum Gasteiger partial charge on any atom is 0.253 e. The lowest BCUT2D eigenvalue weighted by atomic mass is 10.1. The van der Waals surface area contributed by atoms with Gasteiger partial charge < -0.3 is 15.4 Å². The zero-order valence-electron chi connectivity index (χ0n) is 16.4. The highest BCUT2D eigenvalue weighted by Gasteiger charge is 2.11. The van der Waals surface area contributed by atoms with E-state index in [0.717, 1.165) is 16.7 Å². The second kappa shape index (κ2) is 11.1. The van der Waals surface area contributed by atoms with Crippen molar-refractivity contribution in [1.82, 2.24) is 10.6 Å². The summed E-state index contributed by atoms with van der Waals surface area (Å²) in [5.41, 5.74) is 3.46. The van der Waals surface area contributed by atoms with Crippen LogP contribution in [-0.4, -0.2) is 18.4 Å². The van der Waals surface area contributed by atoms with Crippen molar-refractivity contribution >= 4 is 23.4 Å². The quantitative estimate of drug-likeness (QED) is 0.545. The second-order valence-electron chi connectivity index (χ2n) is 6.74. The first kappa shape index (κ1) is 21.6. The molecule has 0 radical (unpaired) electrons. The largest absolute Gasteiger partial charge is 0.372 e. The van der Waals surface area contributed by atoms with Gasteiger partial charge >= 0.3 is 0 Å². The third kappa shape index (κ3) is 6.72. The summed E-state index contributed by atoms with van der Waals surface area (Å²) in [6, 6.07) is 24.5. The number of benzene rings is 3. The van der Waals surface area contributed by atoms with Crippen molar-refractivity contribution in [2.75, 3.05) is 6.54 Å². The van der Waals surface area contributed by atoms with Gasteiger partial charge in [0, 0.05) is 6.54 Å². The third-order valence-corrected chi connectivity index (χ3v) is 4.72. The molecule has 0 aliphatic heterocycles. The summed E-state index contributed by atoms with van der Waals surface area (Å²) in [7, 11) is 0. The van der Waals surface area contributed by atoms with Gasteiger partial charge in [0.2, 0.25) is 5.91 Å². The summed E-state index contributed by atoms with van der Waals surface area (Å²) in [4.78, 5) is 24.2. The summed E-state index contributed by atoms with van der Waals surface area (Å²) < 4.78 is 5.76. The Morgan fingerprint density at radius 1 is 0.767 bits per heavy atom. The molecule has 154 valence electrons. The van der Waals surface area contributed by atoms with E-state index in [2.05, 4.69) is 10.6 Å². The predicted molar refractivity (Wildman–Crippen MR) is 117 cm³/mol. The molecule has 0 atom stereocenters. The number of ether oxygens (including phenoxy) is 1. The van der Waals surface area contributed by atoms with Gasteiger partial charge in [0.15, 0.2) is 0 Å². The molecule has 2 amide bonds. The van der Waals surface area contributed by atoms with E-state index in [4.69, 9.17) is 16.3 Å². The molecule has 0 aromatic heterocycles. The topological polar surface area (TPSA) is 67.4 Å². The van der Waals surface area contributed by atoms with Crippen molar-refractivity contribution in [3.8, 4) is 0 Å². The van der Waals surface area contributed by atoms with E-state index in [1.165, 1.54) is 0 Å². The molecule has 0 spiro atoms. The van der Waals surface area contributed by atoms with Crippen LogP contribution in [0.4, 0.5) is 0 Å². The van der Waals surface area contributed by atoms with Gasteiger partial charge in [0.05, 0.1) is 30.3 Å². The molecule has 3 aromatic rings. The van der Waals surface area contributed by atoms with Gasteiger partial charge in [0.25, 0.3) is 5.91 Å². The SMILES string of the molecule is O=C(CNC(=O)c1ccccc1Cl)NCc1cccc(COCc2ccccc2)c1. The van der Waals surface area contributed by atoms with Crippen molar-refractivity contribution < 1.29 is 14.3 Å². The normalized spacial score (nSPS) is 10.4. The van der Waals surface area contributed by atoms with Gasteiger partial charge in [0.1, 0.15) is 0 Å². The first-order chi connectivity index (χ1) is 14.6. The lowest BCUT2D eigenvalue weighted by molar-refractivity contribution is -0.120. The molecule has 2 N–H and O–H groups in total. The first-order valence-corrected chi connectivity index (χ1v) is 9.98. The fourth-order valence-corrected chi connectivity index (χ4v) is 3.08. The van der Waals surface area contributed by atoms with Crippen LogP contribution < -0.4 is 10.6 Å². The molecule has 0 bridgehead atoms. The highest BCUT2D eigenvalue weighted by Crippen LogP contribution is 2.14. The van der Waals surface area contributed by atoms with Crippen molar-refractivity contribution in [3.63, 3.8) is 0 Å². The van der Waals surface area contributed by atoms with E-state index in [1.54, 1.807) is 24.3 Å². The molecule has 30 heavy (non-hydrogen) atoms. The first-order valence-electron chi connectivity index (χ1n) is 9.61. The molecule has 0 heterocycles. The van der Waals surface area contributed by atoms with Crippen molar-refractivity contribution in [3.05, 3.63) is 106 Å². The molecule has 0 aliphatic rings. The zero-order chi connectivity index (χ0) is 21.2. The van der Waals surface area contributed by atoms with Crippen LogP contribution in [-0.2, 0) is 29.3 Å². The smallest absolute Gasteiger partial charge is 0.253 e. The molecule has 3 rings (SSSR count). The molecule has 0 unspecified atom stereocenters. The van der Waals surface area contributed by atoms with Crippen LogP contribution in [0.25, 0.3) is 0 Å². The highest BCUT2D eigenvalue weighted by molar-refractivity contribution is 6.33. The van der Waals surface area contributed by atoms with Crippen LogP contribution in [0.1, 0.15) is 27.0 Å². The Morgan fingerprint density at radius 3 is 2.23 bits per heavy atom. The maximum atomic E-state index is 12.1. The lowest BCUT2D eigenvalue weighted by Gasteiger charge is -2.09. The minimum absolute atomic E-state index is 0.121. The minimum Gasteiger partial charge on any atom is -0.372 e. The van der Waals surface area contributed by atoms with Crippen molar-refractivity contribution in [2.45, 2.75) is 19.8 Å². The fourth-order valence-electron chi connectivity index (χ4n) is 2.85. The Hall–Kier alpha value is -3.15.